The van der Waals surface area contributed by atoms with Gasteiger partial charge in [0.1, 0.15) is 5.75 Å². The van der Waals surface area contributed by atoms with Crippen LogP contribution in [-0.4, -0.2) is 10.2 Å². The van der Waals surface area contributed by atoms with E-state index in [9.17, 15) is 5.11 Å². The quantitative estimate of drug-likeness (QED) is 0.528. The fraction of sp³-hybridized carbons (Fsp3) is 0.250. The Balaban J connectivity index is 3.09. The Morgan fingerprint density at radius 3 is 2.55 bits per heavy atom. The Bertz CT molecular complexity index is 258. The van der Waals surface area contributed by atoms with Crippen LogP contribution in [-0.2, 0) is 0 Å². The van der Waals surface area contributed by atoms with E-state index < -0.39 is 6.10 Å². The molecule has 60 valence electrons. The predicted molar refractivity (Wildman–Crippen MR) is 43.2 cm³/mol. The summed E-state index contributed by atoms with van der Waals surface area (Å²) < 4.78 is 0. The molecule has 0 fully saturated rings. The second kappa shape index (κ2) is 2.80. The minimum absolute atomic E-state index is 0.0417. The van der Waals surface area contributed by atoms with Gasteiger partial charge in [0.15, 0.2) is 0 Å². The fourth-order valence-corrected chi connectivity index (χ4v) is 0.914. The normalized spacial score (nSPS) is 12.9. The van der Waals surface area contributed by atoms with Crippen molar-refractivity contribution < 1.29 is 10.2 Å². The maximum atomic E-state index is 9.22. The Kier molecular flexibility index (Phi) is 2.01. The number of hydrogen-bond donors (Lipinski definition) is 3. The first-order valence-electron chi connectivity index (χ1n) is 3.37. The van der Waals surface area contributed by atoms with Crippen molar-refractivity contribution in [2.75, 3.05) is 5.73 Å². The molecule has 1 aromatic carbocycles. The van der Waals surface area contributed by atoms with Crippen molar-refractivity contribution in [3.63, 3.8) is 0 Å². The number of aliphatic hydroxyl groups excluding tert-OH is 1. The Morgan fingerprint density at radius 1 is 1.45 bits per heavy atom. The average Bonchev–Trinajstić information content (AvgIpc) is 1.85. The van der Waals surface area contributed by atoms with Gasteiger partial charge < -0.3 is 15.9 Å². The molecule has 1 aromatic rings. The van der Waals surface area contributed by atoms with Crippen molar-refractivity contribution in [3.8, 4) is 5.75 Å². The van der Waals surface area contributed by atoms with Crippen LogP contribution < -0.4 is 5.73 Å². The molecule has 4 N–H and O–H groups in total. The SMILES string of the molecule is CC(O)c1ccc(N)cc1O. The maximum Gasteiger partial charge on any atom is 0.123 e. The van der Waals surface area contributed by atoms with Gasteiger partial charge in [-0.15, -0.1) is 0 Å². The highest BCUT2D eigenvalue weighted by Crippen LogP contribution is 2.25. The summed E-state index contributed by atoms with van der Waals surface area (Å²) in [5.74, 6) is 0.0417. The molecule has 1 atom stereocenters. The molecule has 0 aliphatic rings. The minimum Gasteiger partial charge on any atom is -0.507 e. The van der Waals surface area contributed by atoms with E-state index in [2.05, 4.69) is 0 Å². The Labute approximate surface area is 65.1 Å². The highest BCUT2D eigenvalue weighted by molar-refractivity contribution is 5.48. The maximum absolute atomic E-state index is 9.22. The molecule has 1 unspecified atom stereocenters. The first kappa shape index (κ1) is 7.88. The largest absolute Gasteiger partial charge is 0.507 e. The number of aromatic hydroxyl groups is 1. The molecule has 0 saturated carbocycles. The minimum atomic E-state index is -0.657. The highest BCUT2D eigenvalue weighted by atomic mass is 16.3. The molecule has 1 rings (SSSR count). The third kappa shape index (κ3) is 1.62. The van der Waals surface area contributed by atoms with E-state index in [1.807, 2.05) is 0 Å². The van der Waals surface area contributed by atoms with Crippen molar-refractivity contribution in [2.45, 2.75) is 13.0 Å². The van der Waals surface area contributed by atoms with E-state index in [4.69, 9.17) is 10.8 Å². The number of nitrogens with two attached hydrogens (primary N) is 1. The zero-order valence-corrected chi connectivity index (χ0v) is 6.28. The van der Waals surface area contributed by atoms with Crippen LogP contribution in [0.4, 0.5) is 5.69 Å². The molecule has 0 aliphatic carbocycles. The molecule has 0 aliphatic heterocycles. The van der Waals surface area contributed by atoms with E-state index >= 15 is 0 Å². The van der Waals surface area contributed by atoms with Gasteiger partial charge in [0.05, 0.1) is 6.10 Å². The summed E-state index contributed by atoms with van der Waals surface area (Å²) in [6.45, 7) is 1.59. The Morgan fingerprint density at radius 2 is 2.09 bits per heavy atom. The molecule has 3 nitrogen and oxygen atoms in total. The summed E-state index contributed by atoms with van der Waals surface area (Å²) in [5, 5.41) is 18.3. The molecular weight excluding hydrogens is 142 g/mol. The van der Waals surface area contributed by atoms with E-state index in [0.717, 1.165) is 0 Å². The highest BCUT2D eigenvalue weighted by Gasteiger charge is 2.05. The van der Waals surface area contributed by atoms with E-state index in [1.165, 1.54) is 6.07 Å². The second-order valence-corrected chi connectivity index (χ2v) is 2.49. The topological polar surface area (TPSA) is 66.5 Å². The number of rotatable bonds is 1. The molecule has 0 aromatic heterocycles. The lowest BCUT2D eigenvalue weighted by Crippen LogP contribution is -1.92. The van der Waals surface area contributed by atoms with Crippen LogP contribution in [0.5, 0.6) is 5.75 Å². The van der Waals surface area contributed by atoms with Gasteiger partial charge in [0.25, 0.3) is 0 Å². The van der Waals surface area contributed by atoms with Crippen LogP contribution in [0.2, 0.25) is 0 Å². The molecule has 0 heterocycles. The summed E-state index contributed by atoms with van der Waals surface area (Å²) in [6.07, 6.45) is -0.657. The number of phenols is 1. The summed E-state index contributed by atoms with van der Waals surface area (Å²) >= 11 is 0. The number of hydrogen-bond acceptors (Lipinski definition) is 3. The third-order valence-electron chi connectivity index (χ3n) is 1.50. The summed E-state index contributed by atoms with van der Waals surface area (Å²) in [6, 6.07) is 4.67. The van der Waals surface area contributed by atoms with Gasteiger partial charge in [-0.05, 0) is 13.0 Å². The zero-order chi connectivity index (χ0) is 8.43. The Hall–Kier alpha value is -1.22. The summed E-state index contributed by atoms with van der Waals surface area (Å²) in [7, 11) is 0. The molecule has 0 amide bonds. The molecular formula is C8H11NO2. The van der Waals surface area contributed by atoms with Crippen molar-refractivity contribution >= 4 is 5.69 Å². The number of aliphatic hydroxyl groups is 1. The first-order chi connectivity index (χ1) is 5.11. The first-order valence-corrected chi connectivity index (χ1v) is 3.37. The monoisotopic (exact) mass is 153 g/mol. The van der Waals surface area contributed by atoms with Gasteiger partial charge in [-0.25, -0.2) is 0 Å². The number of phenolic OH excluding ortho intramolecular Hbond substituents is 1. The number of benzene rings is 1. The molecule has 3 heteroatoms. The second-order valence-electron chi connectivity index (χ2n) is 2.49. The third-order valence-corrected chi connectivity index (χ3v) is 1.50. The van der Waals surface area contributed by atoms with Gasteiger partial charge in [0.2, 0.25) is 0 Å². The van der Waals surface area contributed by atoms with Crippen molar-refractivity contribution in [1.29, 1.82) is 0 Å². The van der Waals surface area contributed by atoms with Crippen LogP contribution in [0, 0.1) is 0 Å². The van der Waals surface area contributed by atoms with E-state index in [0.29, 0.717) is 11.3 Å². The van der Waals surface area contributed by atoms with Gasteiger partial charge in [0, 0.05) is 17.3 Å². The smallest absolute Gasteiger partial charge is 0.123 e. The standard InChI is InChI=1S/C8H11NO2/c1-5(10)7-3-2-6(9)4-8(7)11/h2-5,10-11H,9H2,1H3. The summed E-state index contributed by atoms with van der Waals surface area (Å²) in [4.78, 5) is 0. The number of nitrogen functional groups attached to an aromatic ring is 1. The van der Waals surface area contributed by atoms with Crippen molar-refractivity contribution in [3.05, 3.63) is 23.8 Å². The molecule has 11 heavy (non-hydrogen) atoms. The predicted octanol–water partition coefficient (Wildman–Crippen LogP) is 1.03. The van der Waals surface area contributed by atoms with Gasteiger partial charge in [-0.3, -0.25) is 0 Å². The van der Waals surface area contributed by atoms with Crippen molar-refractivity contribution in [2.24, 2.45) is 0 Å². The molecule has 0 spiro atoms. The lowest BCUT2D eigenvalue weighted by molar-refractivity contribution is 0.195. The van der Waals surface area contributed by atoms with Gasteiger partial charge >= 0.3 is 0 Å². The zero-order valence-electron chi connectivity index (χ0n) is 6.28. The van der Waals surface area contributed by atoms with Crippen LogP contribution in [0.25, 0.3) is 0 Å². The van der Waals surface area contributed by atoms with Crippen LogP contribution in [0.15, 0.2) is 18.2 Å². The summed E-state index contributed by atoms with van der Waals surface area (Å²) in [5.41, 5.74) is 6.38. The number of anilines is 1. The van der Waals surface area contributed by atoms with Crippen molar-refractivity contribution in [1.82, 2.24) is 0 Å². The van der Waals surface area contributed by atoms with E-state index in [-0.39, 0.29) is 5.75 Å². The lowest BCUT2D eigenvalue weighted by atomic mass is 10.1. The van der Waals surface area contributed by atoms with Gasteiger partial charge in [-0.2, -0.15) is 0 Å². The fourth-order valence-electron chi connectivity index (χ4n) is 0.914. The average molecular weight is 153 g/mol. The van der Waals surface area contributed by atoms with Crippen LogP contribution in [0.1, 0.15) is 18.6 Å². The lowest BCUT2D eigenvalue weighted by Gasteiger charge is -2.06. The molecule has 0 bridgehead atoms. The van der Waals surface area contributed by atoms with E-state index in [1.54, 1.807) is 19.1 Å². The molecule has 0 saturated heterocycles. The van der Waals surface area contributed by atoms with Crippen LogP contribution >= 0.6 is 0 Å². The van der Waals surface area contributed by atoms with Gasteiger partial charge in [-0.1, -0.05) is 6.07 Å². The molecule has 0 radical (unpaired) electrons. The van der Waals surface area contributed by atoms with Crippen LogP contribution in [0.3, 0.4) is 0 Å².